The van der Waals surface area contributed by atoms with Crippen LogP contribution in [0.5, 0.6) is 0 Å². The highest BCUT2D eigenvalue weighted by atomic mass is 16.2. The van der Waals surface area contributed by atoms with E-state index in [0.29, 0.717) is 0 Å². The SMILES string of the molecule is CC(=O)N1C(=O)N([C@@H](C)c2ccccc2)[C@@H](C)[C@H]1C. The van der Waals surface area contributed by atoms with Gasteiger partial charge in [-0.25, -0.2) is 4.79 Å². The fourth-order valence-electron chi connectivity index (χ4n) is 2.75. The Balaban J connectivity index is 2.30. The summed E-state index contributed by atoms with van der Waals surface area (Å²) in [6, 6.07) is 9.60. The van der Waals surface area contributed by atoms with E-state index in [4.69, 9.17) is 0 Å². The van der Waals surface area contributed by atoms with Crippen molar-refractivity contribution in [2.24, 2.45) is 0 Å². The third-order valence-corrected chi connectivity index (χ3v) is 4.01. The maximum absolute atomic E-state index is 12.4. The number of hydrogen-bond acceptors (Lipinski definition) is 2. The Kier molecular flexibility index (Phi) is 3.60. The lowest BCUT2D eigenvalue weighted by molar-refractivity contribution is -0.126. The lowest BCUT2D eigenvalue weighted by atomic mass is 10.0. The molecule has 4 nitrogen and oxygen atoms in total. The van der Waals surface area contributed by atoms with Gasteiger partial charge >= 0.3 is 6.03 Å². The monoisotopic (exact) mass is 260 g/mol. The first-order valence-electron chi connectivity index (χ1n) is 6.62. The van der Waals surface area contributed by atoms with Crippen LogP contribution in [0, 0.1) is 0 Å². The highest BCUT2D eigenvalue weighted by Gasteiger charge is 2.44. The van der Waals surface area contributed by atoms with Gasteiger partial charge in [0.1, 0.15) is 0 Å². The smallest absolute Gasteiger partial charge is 0.313 e. The van der Waals surface area contributed by atoms with Crippen LogP contribution in [0.2, 0.25) is 0 Å². The summed E-state index contributed by atoms with van der Waals surface area (Å²) in [5.74, 6) is -0.188. The van der Waals surface area contributed by atoms with Crippen LogP contribution in [0.1, 0.15) is 39.3 Å². The van der Waals surface area contributed by atoms with Gasteiger partial charge in [0.05, 0.1) is 18.1 Å². The maximum atomic E-state index is 12.4. The first-order valence-corrected chi connectivity index (χ1v) is 6.62. The minimum absolute atomic E-state index is 0.0200. The summed E-state index contributed by atoms with van der Waals surface area (Å²) >= 11 is 0. The molecular formula is C15H20N2O2. The Labute approximate surface area is 114 Å². The Morgan fingerprint density at radius 2 is 1.74 bits per heavy atom. The molecule has 0 bridgehead atoms. The molecule has 0 unspecified atom stereocenters. The normalized spacial score (nSPS) is 24.7. The predicted molar refractivity (Wildman–Crippen MR) is 73.5 cm³/mol. The lowest BCUT2D eigenvalue weighted by Crippen LogP contribution is -2.38. The Morgan fingerprint density at radius 3 is 2.21 bits per heavy atom. The number of amides is 3. The molecule has 102 valence electrons. The van der Waals surface area contributed by atoms with E-state index in [1.807, 2.05) is 51.1 Å². The molecule has 0 radical (unpaired) electrons. The van der Waals surface area contributed by atoms with Gasteiger partial charge in [-0.05, 0) is 26.3 Å². The minimum Gasteiger partial charge on any atom is -0.313 e. The second-order valence-electron chi connectivity index (χ2n) is 5.15. The molecule has 0 saturated carbocycles. The van der Waals surface area contributed by atoms with Crippen molar-refractivity contribution in [3.8, 4) is 0 Å². The summed E-state index contributed by atoms with van der Waals surface area (Å²) in [5.41, 5.74) is 1.08. The molecule has 3 atom stereocenters. The molecule has 1 aromatic carbocycles. The summed E-state index contributed by atoms with van der Waals surface area (Å²) in [6.07, 6.45) is 0. The van der Waals surface area contributed by atoms with Gasteiger partial charge < -0.3 is 4.90 Å². The van der Waals surface area contributed by atoms with Crippen molar-refractivity contribution >= 4 is 11.9 Å². The summed E-state index contributed by atoms with van der Waals surface area (Å²) in [5, 5.41) is 0. The van der Waals surface area contributed by atoms with E-state index in [1.54, 1.807) is 4.90 Å². The molecule has 2 rings (SSSR count). The van der Waals surface area contributed by atoms with E-state index in [-0.39, 0.29) is 30.1 Å². The Hall–Kier alpha value is -1.84. The highest BCUT2D eigenvalue weighted by molar-refractivity contribution is 5.95. The van der Waals surface area contributed by atoms with Crippen molar-refractivity contribution in [2.45, 2.75) is 45.8 Å². The van der Waals surface area contributed by atoms with Gasteiger partial charge in [-0.2, -0.15) is 0 Å². The van der Waals surface area contributed by atoms with Crippen LogP contribution < -0.4 is 0 Å². The average Bonchev–Trinajstić information content (AvgIpc) is 2.60. The summed E-state index contributed by atoms with van der Waals surface area (Å²) in [7, 11) is 0. The first-order chi connectivity index (χ1) is 8.95. The first kappa shape index (κ1) is 13.6. The number of carbonyl (C=O) groups excluding carboxylic acids is 2. The van der Waals surface area contributed by atoms with Gasteiger partial charge in [0.15, 0.2) is 0 Å². The van der Waals surface area contributed by atoms with Crippen molar-refractivity contribution in [3.63, 3.8) is 0 Å². The molecule has 4 heteroatoms. The molecule has 1 fully saturated rings. The van der Waals surface area contributed by atoms with E-state index >= 15 is 0 Å². The predicted octanol–water partition coefficient (Wildman–Crippen LogP) is 2.81. The standard InChI is InChI=1S/C15H20N2O2/c1-10-11(2)17(13(4)18)15(19)16(10)12(3)14-8-6-5-7-9-14/h5-12H,1-4H3/t10-,11+,12-/m0/s1. The fourth-order valence-corrected chi connectivity index (χ4v) is 2.75. The van der Waals surface area contributed by atoms with Gasteiger partial charge in [-0.15, -0.1) is 0 Å². The molecule has 19 heavy (non-hydrogen) atoms. The molecule has 0 aromatic heterocycles. The van der Waals surface area contributed by atoms with Crippen LogP contribution in [0.15, 0.2) is 30.3 Å². The van der Waals surface area contributed by atoms with Crippen molar-refractivity contribution < 1.29 is 9.59 Å². The number of rotatable bonds is 2. The lowest BCUT2D eigenvalue weighted by Gasteiger charge is -2.28. The average molecular weight is 260 g/mol. The van der Waals surface area contributed by atoms with Gasteiger partial charge in [-0.1, -0.05) is 30.3 Å². The van der Waals surface area contributed by atoms with Crippen molar-refractivity contribution in [2.75, 3.05) is 0 Å². The number of urea groups is 1. The number of nitrogens with zero attached hydrogens (tertiary/aromatic N) is 2. The van der Waals surface area contributed by atoms with Crippen LogP contribution in [0.25, 0.3) is 0 Å². The molecular weight excluding hydrogens is 240 g/mol. The van der Waals surface area contributed by atoms with Gasteiger partial charge in [-0.3, -0.25) is 9.69 Å². The van der Waals surface area contributed by atoms with E-state index < -0.39 is 0 Å². The minimum atomic E-state index is -0.191. The zero-order chi connectivity index (χ0) is 14.2. The van der Waals surface area contributed by atoms with Crippen LogP contribution in [-0.2, 0) is 4.79 Å². The van der Waals surface area contributed by atoms with E-state index in [2.05, 4.69) is 0 Å². The molecule has 1 aliphatic rings. The topological polar surface area (TPSA) is 40.6 Å². The van der Waals surface area contributed by atoms with E-state index in [1.165, 1.54) is 11.8 Å². The number of hydrogen-bond donors (Lipinski definition) is 0. The molecule has 3 amide bonds. The van der Waals surface area contributed by atoms with Crippen LogP contribution in [0.3, 0.4) is 0 Å². The third-order valence-electron chi connectivity index (χ3n) is 4.01. The van der Waals surface area contributed by atoms with Crippen LogP contribution >= 0.6 is 0 Å². The van der Waals surface area contributed by atoms with Crippen LogP contribution in [0.4, 0.5) is 4.79 Å². The fraction of sp³-hybridized carbons (Fsp3) is 0.467. The molecule has 1 aromatic rings. The molecule has 1 heterocycles. The van der Waals surface area contributed by atoms with Gasteiger partial charge in [0, 0.05) is 6.92 Å². The molecule has 1 saturated heterocycles. The van der Waals surface area contributed by atoms with Gasteiger partial charge in [0.25, 0.3) is 0 Å². The zero-order valence-electron chi connectivity index (χ0n) is 11.8. The molecule has 0 aliphatic carbocycles. The van der Waals surface area contributed by atoms with Gasteiger partial charge in [0.2, 0.25) is 5.91 Å². The summed E-state index contributed by atoms with van der Waals surface area (Å²) in [6.45, 7) is 7.35. The Morgan fingerprint density at radius 1 is 1.16 bits per heavy atom. The summed E-state index contributed by atoms with van der Waals surface area (Å²) in [4.78, 5) is 27.2. The van der Waals surface area contributed by atoms with Crippen molar-refractivity contribution in [3.05, 3.63) is 35.9 Å². The van der Waals surface area contributed by atoms with E-state index in [0.717, 1.165) is 5.56 Å². The second kappa shape index (κ2) is 5.03. The molecule has 0 N–H and O–H groups in total. The third kappa shape index (κ3) is 2.23. The zero-order valence-corrected chi connectivity index (χ0v) is 11.8. The van der Waals surface area contributed by atoms with Crippen molar-refractivity contribution in [1.29, 1.82) is 0 Å². The van der Waals surface area contributed by atoms with Crippen molar-refractivity contribution in [1.82, 2.24) is 9.80 Å². The van der Waals surface area contributed by atoms with E-state index in [9.17, 15) is 9.59 Å². The van der Waals surface area contributed by atoms with Crippen LogP contribution in [-0.4, -0.2) is 33.8 Å². The maximum Gasteiger partial charge on any atom is 0.327 e. The number of imide groups is 1. The molecule has 0 spiro atoms. The quantitative estimate of drug-likeness (QED) is 0.820. The largest absolute Gasteiger partial charge is 0.327 e. The summed E-state index contributed by atoms with van der Waals surface area (Å²) < 4.78 is 0. The highest BCUT2D eigenvalue weighted by Crippen LogP contribution is 2.31. The number of benzene rings is 1. The second-order valence-corrected chi connectivity index (χ2v) is 5.15. The molecule has 1 aliphatic heterocycles. The number of carbonyl (C=O) groups is 2. The Bertz CT molecular complexity index is 486.